The molecule has 4 amide bonds. The van der Waals surface area contributed by atoms with Crippen molar-refractivity contribution in [2.45, 2.75) is 94.2 Å². The number of ketones is 2. The number of ether oxygens (including phenoxy) is 6. The Hall–Kier alpha value is -5.75. The number of carbonyl (C=O) groups is 7. The fourth-order valence-corrected chi connectivity index (χ4v) is 8.93. The van der Waals surface area contributed by atoms with E-state index >= 15 is 0 Å². The van der Waals surface area contributed by atoms with Crippen molar-refractivity contribution in [3.63, 3.8) is 0 Å². The number of nitrogens with one attached hydrogen (secondary N) is 4. The summed E-state index contributed by atoms with van der Waals surface area (Å²) in [6, 6.07) is 4.10. The van der Waals surface area contributed by atoms with Crippen LogP contribution in [-0.2, 0) is 54.1 Å². The number of aliphatic carboxylic acids is 1. The number of morpholine rings is 1. The maximum Gasteiger partial charge on any atom is 0.303 e. The maximum atomic E-state index is 14.2. The summed E-state index contributed by atoms with van der Waals surface area (Å²) < 4.78 is 43.2. The van der Waals surface area contributed by atoms with E-state index in [1.165, 1.54) is 32.4 Å². The first-order valence-corrected chi connectivity index (χ1v) is 20.7. The van der Waals surface area contributed by atoms with Gasteiger partial charge in [0.1, 0.15) is 29.0 Å². The number of aliphatic hydroxyl groups is 1. The number of fused-ring (bicyclic) bond motifs is 6. The Labute approximate surface area is 367 Å². The summed E-state index contributed by atoms with van der Waals surface area (Å²) in [4.78, 5) is 91.1. The second-order valence-corrected chi connectivity index (χ2v) is 15.9. The molecule has 1 unspecified atom stereocenters. The number of carboxylic acid groups (broad SMARTS) is 1. The molecule has 2 aromatic carbocycles. The Kier molecular flexibility index (Phi) is 13.4. The van der Waals surface area contributed by atoms with Crippen molar-refractivity contribution < 1.29 is 83.8 Å². The number of amides is 4. The molecule has 22 heteroatoms. The van der Waals surface area contributed by atoms with Crippen molar-refractivity contribution >= 4 is 41.2 Å². The van der Waals surface area contributed by atoms with E-state index < -0.39 is 139 Å². The molecule has 2 aliphatic carbocycles. The fourth-order valence-electron chi connectivity index (χ4n) is 8.93. The summed E-state index contributed by atoms with van der Waals surface area (Å²) >= 11 is 0. The van der Waals surface area contributed by atoms with Gasteiger partial charge in [0.05, 0.1) is 55.6 Å². The SMILES string of the molecule is [3H]C(CC(=O)O)C(=O)NCC(=O)NCCC(=O)NCCNC(=O)[C@]1(O)Cc2c(O)c3c(c(O)c2[C@@H](O[C@H]2C[C@H]4[C@H](O[C@@H]5[C@@H](OC)OCCN54)[C@H](C)O2)C1)C(=O)c1c(OC)cccc1C3=O. The predicted molar refractivity (Wildman–Crippen MR) is 215 cm³/mol. The molecule has 64 heavy (non-hydrogen) atoms. The molecule has 5 aliphatic rings. The molecule has 7 rings (SSSR count). The highest BCUT2D eigenvalue weighted by Gasteiger charge is 2.55. The zero-order valence-electron chi connectivity index (χ0n) is 36.2. The van der Waals surface area contributed by atoms with E-state index in [1.807, 2.05) is 0 Å². The van der Waals surface area contributed by atoms with Gasteiger partial charge in [0.15, 0.2) is 24.6 Å². The third-order valence-electron chi connectivity index (χ3n) is 11.9. The Morgan fingerprint density at radius 3 is 2.39 bits per heavy atom. The minimum atomic E-state index is -2.35. The zero-order valence-corrected chi connectivity index (χ0v) is 35.2. The average molecular weight is 900 g/mol. The van der Waals surface area contributed by atoms with Gasteiger partial charge < -0.3 is 70.1 Å². The second kappa shape index (κ2) is 19.2. The van der Waals surface area contributed by atoms with E-state index in [4.69, 9.17) is 34.9 Å². The van der Waals surface area contributed by atoms with E-state index in [2.05, 4.69) is 26.2 Å². The average Bonchev–Trinajstić information content (AvgIpc) is 3.66. The molecule has 0 saturated carbocycles. The Morgan fingerprint density at radius 1 is 0.922 bits per heavy atom. The number of phenolic OH excluding ortho intramolecular Hbond substituents is 2. The molecule has 0 aromatic heterocycles. The molecule has 3 heterocycles. The summed E-state index contributed by atoms with van der Waals surface area (Å²) in [5.74, 6) is -7.40. The van der Waals surface area contributed by atoms with Crippen molar-refractivity contribution in [1.82, 2.24) is 26.2 Å². The smallest absolute Gasteiger partial charge is 0.303 e. The lowest BCUT2D eigenvalue weighted by atomic mass is 9.72. The lowest BCUT2D eigenvalue weighted by Gasteiger charge is -2.43. The normalized spacial score (nSPS) is 27.6. The molecule has 346 valence electrons. The maximum absolute atomic E-state index is 14.2. The van der Waals surface area contributed by atoms with Crippen LogP contribution < -0.4 is 26.0 Å². The Bertz CT molecular complexity index is 2260. The number of hydrogen-bond acceptors (Lipinski definition) is 17. The van der Waals surface area contributed by atoms with Gasteiger partial charge in [0.25, 0.3) is 5.91 Å². The second-order valence-electron chi connectivity index (χ2n) is 15.9. The van der Waals surface area contributed by atoms with Gasteiger partial charge >= 0.3 is 5.97 Å². The molecule has 3 fully saturated rings. The molecule has 9 atom stereocenters. The molecule has 0 spiro atoms. The molecule has 2 aromatic rings. The molecular formula is C42H51N5O17. The quantitative estimate of drug-likeness (QED) is 0.0623. The summed E-state index contributed by atoms with van der Waals surface area (Å²) in [5, 5.41) is 54.4. The largest absolute Gasteiger partial charge is 0.507 e. The lowest BCUT2D eigenvalue weighted by Crippen LogP contribution is -2.55. The first-order chi connectivity index (χ1) is 31.0. The van der Waals surface area contributed by atoms with Crippen molar-refractivity contribution in [2.24, 2.45) is 0 Å². The van der Waals surface area contributed by atoms with Gasteiger partial charge in [-0.15, -0.1) is 0 Å². The highest BCUT2D eigenvalue weighted by molar-refractivity contribution is 6.31. The summed E-state index contributed by atoms with van der Waals surface area (Å²) in [5.41, 5.74) is -3.90. The highest BCUT2D eigenvalue weighted by atomic mass is 16.7. The zero-order chi connectivity index (χ0) is 46.9. The van der Waals surface area contributed by atoms with Crippen molar-refractivity contribution in [1.29, 1.82) is 0 Å². The van der Waals surface area contributed by atoms with Crippen LogP contribution in [0.2, 0.25) is 0 Å². The van der Waals surface area contributed by atoms with E-state index in [0.717, 1.165) is 0 Å². The number of benzene rings is 2. The number of nitrogens with zero attached hydrogens (tertiary/aromatic N) is 1. The Morgan fingerprint density at radius 2 is 1.66 bits per heavy atom. The topological polar surface area (TPSA) is 307 Å². The van der Waals surface area contributed by atoms with Gasteiger partial charge in [0.2, 0.25) is 23.5 Å². The van der Waals surface area contributed by atoms with E-state index in [-0.39, 0.29) is 66.5 Å². The van der Waals surface area contributed by atoms with Crippen molar-refractivity contribution in [3.8, 4) is 17.2 Å². The van der Waals surface area contributed by atoms with Crippen LogP contribution in [0.1, 0.15) is 89.4 Å². The summed E-state index contributed by atoms with van der Waals surface area (Å²) in [6.45, 7) is 1.68. The number of phenols is 2. The van der Waals surface area contributed by atoms with Crippen LogP contribution in [0.4, 0.5) is 0 Å². The van der Waals surface area contributed by atoms with Gasteiger partial charge in [-0.1, -0.05) is 12.1 Å². The van der Waals surface area contributed by atoms with Gasteiger partial charge in [-0.2, -0.15) is 0 Å². The molecule has 8 N–H and O–H groups in total. The van der Waals surface area contributed by atoms with Crippen LogP contribution >= 0.6 is 0 Å². The number of aromatic hydroxyl groups is 2. The van der Waals surface area contributed by atoms with Crippen LogP contribution in [0.15, 0.2) is 18.2 Å². The van der Waals surface area contributed by atoms with Crippen LogP contribution in [-0.4, -0.2) is 163 Å². The Balaban J connectivity index is 1.06. The summed E-state index contributed by atoms with van der Waals surface area (Å²) in [6.07, 6.45) is -8.02. The number of methoxy groups -OCH3 is 2. The molecule has 0 bridgehead atoms. The third-order valence-corrected chi connectivity index (χ3v) is 11.9. The van der Waals surface area contributed by atoms with Crippen LogP contribution in [0.5, 0.6) is 17.2 Å². The number of rotatable bonds is 16. The lowest BCUT2D eigenvalue weighted by molar-refractivity contribution is -0.256. The molecule has 3 aliphatic heterocycles. The summed E-state index contributed by atoms with van der Waals surface area (Å²) in [7, 11) is 2.83. The van der Waals surface area contributed by atoms with Crippen LogP contribution in [0.25, 0.3) is 0 Å². The predicted octanol–water partition coefficient (Wildman–Crippen LogP) is -1.13. The number of hydrogen-bond donors (Lipinski definition) is 8. The first kappa shape index (κ1) is 44.8. The van der Waals surface area contributed by atoms with E-state index in [9.17, 15) is 48.9 Å². The minimum Gasteiger partial charge on any atom is -0.507 e. The third kappa shape index (κ3) is 9.12. The molecule has 22 nitrogen and oxygen atoms in total. The van der Waals surface area contributed by atoms with Crippen LogP contribution in [0, 0.1) is 0 Å². The monoisotopic (exact) mass is 899 g/mol. The first-order valence-electron chi connectivity index (χ1n) is 21.2. The number of carboxylic acids is 1. The van der Waals surface area contributed by atoms with Crippen LogP contribution in [0.3, 0.4) is 0 Å². The fraction of sp³-hybridized carbons (Fsp3) is 0.548. The van der Waals surface area contributed by atoms with Gasteiger partial charge in [0, 0.05) is 89.5 Å². The van der Waals surface area contributed by atoms with Gasteiger partial charge in [-0.3, -0.25) is 38.5 Å². The molecule has 3 saturated heterocycles. The van der Waals surface area contributed by atoms with E-state index in [0.29, 0.717) is 13.2 Å². The highest BCUT2D eigenvalue weighted by Crippen LogP contribution is 2.53. The minimum absolute atomic E-state index is 0.0682. The molecular weight excluding hydrogens is 846 g/mol. The molecule has 0 radical (unpaired) electrons. The van der Waals surface area contributed by atoms with Gasteiger partial charge in [-0.05, 0) is 13.0 Å². The van der Waals surface area contributed by atoms with Crippen molar-refractivity contribution in [2.75, 3.05) is 53.6 Å². The van der Waals surface area contributed by atoms with E-state index in [1.54, 1.807) is 6.92 Å². The van der Waals surface area contributed by atoms with Crippen molar-refractivity contribution in [3.05, 3.63) is 51.6 Å². The van der Waals surface area contributed by atoms with Gasteiger partial charge in [-0.25, -0.2) is 0 Å². The number of carbonyl (C=O) groups excluding carboxylic acids is 6. The standard InChI is InChI=1S/C42H51N5O17/c1-19-38-22(47-13-14-61-40(60-3)39(47)64-38)15-29(62-19)63-24-17-42(58,41(57)45-12-11-44-26(49)9-10-43-27(50)18-46-25(48)7-8-28(51)52)16-21-31(24)37(56)33-32(35(21)54)34(53)20-5-4-6-23(59-2)30(20)36(33)55/h4-6,19,22,24,29,38-40,54,56,58H,7-18H2,1-3H3,(H,43,50)(H,44,49)(H,45,57)(H,46,48)(H,51,52)/t19-,22-,24-,29-,38+,39+,40-,42-/m0/s1/i7T/t7?,19-,22-,24-,29-,38+,39+,40-,42-.